The number of primary sulfonamides is 1. The maximum Gasteiger partial charge on any atom is 0.257 e. The molecule has 124 valence electrons. The van der Waals surface area contributed by atoms with E-state index in [-0.39, 0.29) is 15.7 Å². The fourth-order valence-corrected chi connectivity index (χ4v) is 4.39. The smallest absolute Gasteiger partial charge is 0.257 e. The van der Waals surface area contributed by atoms with Crippen LogP contribution in [-0.4, -0.2) is 24.1 Å². The summed E-state index contributed by atoms with van der Waals surface area (Å²) in [5.41, 5.74) is 1.26. The Kier molecular flexibility index (Phi) is 4.26. The van der Waals surface area contributed by atoms with Crippen molar-refractivity contribution in [1.29, 1.82) is 0 Å². The Hall–Kier alpha value is -1.71. The Morgan fingerprint density at radius 3 is 2.70 bits per heavy atom. The summed E-state index contributed by atoms with van der Waals surface area (Å²) in [5.74, 6) is 0.680. The van der Waals surface area contributed by atoms with E-state index in [0.717, 1.165) is 29.9 Å². The number of nitrogens with two attached hydrogens (primary N) is 1. The number of hydrogen-bond donors (Lipinski definition) is 2. The molecule has 1 aliphatic carbocycles. The third-order valence-corrected chi connectivity index (χ3v) is 6.42. The van der Waals surface area contributed by atoms with Gasteiger partial charge in [0.05, 0.1) is 11.3 Å². The van der Waals surface area contributed by atoms with E-state index < -0.39 is 10.0 Å². The van der Waals surface area contributed by atoms with E-state index in [9.17, 15) is 13.2 Å². The summed E-state index contributed by atoms with van der Waals surface area (Å²) in [6, 6.07) is 3.17. The number of aryl methyl sites for hydroxylation is 1. The van der Waals surface area contributed by atoms with Crippen LogP contribution in [0.4, 0.5) is 5.82 Å². The third-order valence-electron chi connectivity index (χ3n) is 4.03. The first kappa shape index (κ1) is 16.2. The minimum Gasteiger partial charge on any atom is -0.307 e. The number of nitrogens with one attached hydrogen (secondary N) is 1. The van der Waals surface area contributed by atoms with Crippen LogP contribution in [-0.2, 0) is 17.1 Å². The molecule has 0 aliphatic heterocycles. The van der Waals surface area contributed by atoms with Crippen LogP contribution in [0.3, 0.4) is 0 Å². The van der Waals surface area contributed by atoms with Gasteiger partial charge in [-0.25, -0.2) is 13.6 Å². The summed E-state index contributed by atoms with van der Waals surface area (Å²) in [6.07, 6.45) is 4.70. The normalized spacial score (nSPS) is 15.9. The summed E-state index contributed by atoms with van der Waals surface area (Å²) in [7, 11) is -2.01. The molecule has 0 aromatic carbocycles. The highest BCUT2D eigenvalue weighted by Crippen LogP contribution is 2.34. The van der Waals surface area contributed by atoms with Crippen molar-refractivity contribution in [3.63, 3.8) is 0 Å². The molecule has 0 bridgehead atoms. The van der Waals surface area contributed by atoms with Crippen LogP contribution < -0.4 is 10.5 Å². The first-order valence-corrected chi connectivity index (χ1v) is 9.74. The van der Waals surface area contributed by atoms with Gasteiger partial charge in [-0.1, -0.05) is 12.8 Å². The van der Waals surface area contributed by atoms with Crippen molar-refractivity contribution in [2.45, 2.75) is 35.8 Å². The fraction of sp³-hybridized carbons (Fsp3) is 0.429. The molecule has 0 atom stereocenters. The Balaban J connectivity index is 1.76. The Labute approximate surface area is 138 Å². The molecule has 2 heterocycles. The standard InChI is InChI=1S/C14H18N4O3S2/c1-18-12(7-11(17-18)9-4-2-3-5-9)16-14(19)10-6-13(22-8-10)23(15,20)21/h6-9H,2-5H2,1H3,(H,16,19)(H2,15,20,21). The Morgan fingerprint density at radius 2 is 2.09 bits per heavy atom. The van der Waals surface area contributed by atoms with Crippen molar-refractivity contribution in [2.75, 3.05) is 5.32 Å². The van der Waals surface area contributed by atoms with Gasteiger partial charge in [0.25, 0.3) is 5.91 Å². The third kappa shape index (κ3) is 3.46. The highest BCUT2D eigenvalue weighted by atomic mass is 32.2. The second-order valence-corrected chi connectivity index (χ2v) is 8.41. The number of amides is 1. The van der Waals surface area contributed by atoms with Crippen LogP contribution in [0.1, 0.15) is 47.7 Å². The predicted octanol–water partition coefficient (Wildman–Crippen LogP) is 2.04. The van der Waals surface area contributed by atoms with E-state index >= 15 is 0 Å². The number of aromatic nitrogens is 2. The van der Waals surface area contributed by atoms with Gasteiger partial charge in [-0.05, 0) is 18.9 Å². The highest BCUT2D eigenvalue weighted by Gasteiger charge is 2.22. The summed E-state index contributed by atoms with van der Waals surface area (Å²) >= 11 is 0.929. The lowest BCUT2D eigenvalue weighted by atomic mass is 10.0. The predicted molar refractivity (Wildman–Crippen MR) is 88.1 cm³/mol. The summed E-state index contributed by atoms with van der Waals surface area (Å²) in [4.78, 5) is 12.3. The van der Waals surface area contributed by atoms with E-state index in [1.54, 1.807) is 11.7 Å². The minimum absolute atomic E-state index is 0.0284. The number of nitrogens with zero attached hydrogens (tertiary/aromatic N) is 2. The topological polar surface area (TPSA) is 107 Å². The van der Waals surface area contributed by atoms with E-state index in [2.05, 4.69) is 10.4 Å². The molecule has 0 spiro atoms. The SMILES string of the molecule is Cn1nc(C2CCCC2)cc1NC(=O)c1csc(S(N)(=O)=O)c1. The number of thiophene rings is 1. The molecule has 3 rings (SSSR count). The van der Waals surface area contributed by atoms with Gasteiger partial charge in [-0.2, -0.15) is 5.10 Å². The Morgan fingerprint density at radius 1 is 1.39 bits per heavy atom. The van der Waals surface area contributed by atoms with Gasteiger partial charge in [0.2, 0.25) is 10.0 Å². The first-order chi connectivity index (χ1) is 10.8. The number of carbonyl (C=O) groups is 1. The van der Waals surface area contributed by atoms with E-state index in [1.165, 1.54) is 24.3 Å². The van der Waals surface area contributed by atoms with E-state index in [4.69, 9.17) is 5.14 Å². The zero-order valence-corrected chi connectivity index (χ0v) is 14.3. The lowest BCUT2D eigenvalue weighted by Gasteiger charge is -2.02. The molecule has 1 fully saturated rings. The average Bonchev–Trinajstić information content (AvgIpc) is 3.17. The molecule has 1 saturated carbocycles. The molecule has 0 saturated heterocycles. The minimum atomic E-state index is -3.78. The van der Waals surface area contributed by atoms with Crippen LogP contribution >= 0.6 is 11.3 Å². The number of hydrogen-bond acceptors (Lipinski definition) is 5. The molecule has 2 aromatic rings. The summed E-state index contributed by atoms with van der Waals surface area (Å²) in [6.45, 7) is 0. The first-order valence-electron chi connectivity index (χ1n) is 7.31. The molecule has 0 radical (unpaired) electrons. The molecule has 9 heteroatoms. The lowest BCUT2D eigenvalue weighted by molar-refractivity contribution is 0.102. The fourth-order valence-electron chi connectivity index (χ4n) is 2.80. The number of sulfonamides is 1. The van der Waals surface area contributed by atoms with Gasteiger partial charge in [0.1, 0.15) is 10.0 Å². The van der Waals surface area contributed by atoms with E-state index in [1.807, 2.05) is 6.07 Å². The van der Waals surface area contributed by atoms with Gasteiger partial charge >= 0.3 is 0 Å². The van der Waals surface area contributed by atoms with Gasteiger partial charge in [0.15, 0.2) is 0 Å². The second kappa shape index (κ2) is 6.06. The van der Waals surface area contributed by atoms with Crippen LogP contribution in [0.25, 0.3) is 0 Å². The molecule has 7 nitrogen and oxygen atoms in total. The largest absolute Gasteiger partial charge is 0.307 e. The molecule has 3 N–H and O–H groups in total. The maximum atomic E-state index is 12.3. The molecular formula is C14H18N4O3S2. The van der Waals surface area contributed by atoms with Gasteiger partial charge in [-0.15, -0.1) is 11.3 Å². The van der Waals surface area contributed by atoms with Crippen LogP contribution in [0, 0.1) is 0 Å². The van der Waals surface area contributed by atoms with Gasteiger partial charge < -0.3 is 5.32 Å². The molecule has 0 unspecified atom stereocenters. The number of rotatable bonds is 4. The molecule has 1 aliphatic rings. The van der Waals surface area contributed by atoms with Crippen LogP contribution in [0.5, 0.6) is 0 Å². The Bertz CT molecular complexity index is 832. The molecule has 2 aromatic heterocycles. The zero-order valence-electron chi connectivity index (χ0n) is 12.7. The monoisotopic (exact) mass is 354 g/mol. The molecular weight excluding hydrogens is 336 g/mol. The van der Waals surface area contributed by atoms with Crippen molar-refractivity contribution in [3.8, 4) is 0 Å². The van der Waals surface area contributed by atoms with Crippen LogP contribution in [0.15, 0.2) is 21.7 Å². The zero-order chi connectivity index (χ0) is 16.6. The summed E-state index contributed by atoms with van der Waals surface area (Å²) < 4.78 is 24.2. The van der Waals surface area contributed by atoms with Crippen LogP contribution in [0.2, 0.25) is 0 Å². The number of anilines is 1. The summed E-state index contributed by atoms with van der Waals surface area (Å²) in [5, 5.41) is 13.8. The maximum absolute atomic E-state index is 12.3. The van der Waals surface area contributed by atoms with Crippen molar-refractivity contribution < 1.29 is 13.2 Å². The van der Waals surface area contributed by atoms with Gasteiger partial charge in [-0.3, -0.25) is 9.48 Å². The van der Waals surface area contributed by atoms with Crippen molar-refractivity contribution >= 4 is 33.1 Å². The van der Waals surface area contributed by atoms with Crippen molar-refractivity contribution in [2.24, 2.45) is 12.2 Å². The number of carbonyl (C=O) groups excluding carboxylic acids is 1. The van der Waals surface area contributed by atoms with Crippen molar-refractivity contribution in [3.05, 3.63) is 28.8 Å². The lowest BCUT2D eigenvalue weighted by Crippen LogP contribution is -2.14. The van der Waals surface area contributed by atoms with E-state index in [0.29, 0.717) is 11.7 Å². The average molecular weight is 354 g/mol. The quantitative estimate of drug-likeness (QED) is 0.876. The van der Waals surface area contributed by atoms with Gasteiger partial charge in [0, 0.05) is 24.4 Å². The molecule has 1 amide bonds. The second-order valence-electron chi connectivity index (χ2n) is 5.71. The molecule has 23 heavy (non-hydrogen) atoms. The van der Waals surface area contributed by atoms with Crippen molar-refractivity contribution in [1.82, 2.24) is 9.78 Å². The highest BCUT2D eigenvalue weighted by molar-refractivity contribution is 7.91.